The molecule has 0 atom stereocenters. The van der Waals surface area contributed by atoms with Crippen LogP contribution in [0.25, 0.3) is 55.0 Å². The summed E-state index contributed by atoms with van der Waals surface area (Å²) in [5, 5.41) is 4.58. The molecule has 0 saturated carbocycles. The van der Waals surface area contributed by atoms with Crippen molar-refractivity contribution in [1.29, 1.82) is 0 Å². The van der Waals surface area contributed by atoms with Crippen LogP contribution < -0.4 is 4.90 Å². The van der Waals surface area contributed by atoms with Gasteiger partial charge in [-0.25, -0.2) is 0 Å². The predicted octanol–water partition coefficient (Wildman–Crippen LogP) is 15.9. The van der Waals surface area contributed by atoms with Gasteiger partial charge in [0.1, 0.15) is 11.2 Å². The predicted molar refractivity (Wildman–Crippen MR) is 255 cm³/mol. The van der Waals surface area contributed by atoms with Crippen LogP contribution in [-0.2, 0) is 5.41 Å². The second kappa shape index (κ2) is 15.3. The molecule has 0 unspecified atom stereocenters. The quantitative estimate of drug-likeness (QED) is 0.136. The fraction of sp³-hybridized carbons (Fsp3) is 0.0169. The average Bonchev–Trinajstić information content (AvgIpc) is 3.72. The highest BCUT2D eigenvalue weighted by Crippen LogP contribution is 2.47. The molecule has 2 nitrogen and oxygen atoms in total. The van der Waals surface area contributed by atoms with Crippen LogP contribution in [0.5, 0.6) is 0 Å². The van der Waals surface area contributed by atoms with E-state index in [-0.39, 0.29) is 0 Å². The third kappa shape index (κ3) is 6.29. The van der Waals surface area contributed by atoms with Crippen LogP contribution in [0, 0.1) is 0 Å². The second-order valence-electron chi connectivity index (χ2n) is 15.6. The Morgan fingerprint density at radius 3 is 1.38 bits per heavy atom. The van der Waals surface area contributed by atoms with Crippen molar-refractivity contribution in [3.05, 3.63) is 271 Å². The summed E-state index contributed by atoms with van der Waals surface area (Å²) in [6, 6.07) is 89.6. The van der Waals surface area contributed by atoms with Gasteiger partial charge in [-0.2, -0.15) is 0 Å². The van der Waals surface area contributed by atoms with E-state index in [0.717, 1.165) is 50.0 Å². The Labute approximate surface area is 356 Å². The Morgan fingerprint density at radius 2 is 0.754 bits per heavy atom. The van der Waals surface area contributed by atoms with Crippen molar-refractivity contribution in [2.45, 2.75) is 5.41 Å². The summed E-state index contributed by atoms with van der Waals surface area (Å²) in [7, 11) is 0. The van der Waals surface area contributed by atoms with E-state index < -0.39 is 5.41 Å². The topological polar surface area (TPSA) is 16.4 Å². The van der Waals surface area contributed by atoms with Gasteiger partial charge in [-0.15, -0.1) is 0 Å². The lowest BCUT2D eigenvalue weighted by molar-refractivity contribution is 0.669. The Hall–Kier alpha value is -7.94. The van der Waals surface area contributed by atoms with Crippen LogP contribution in [0.4, 0.5) is 17.1 Å². The van der Waals surface area contributed by atoms with Crippen molar-refractivity contribution in [2.24, 2.45) is 0 Å². The molecular formula is C59H41NO. The zero-order valence-electron chi connectivity index (χ0n) is 33.5. The number of furan rings is 1. The van der Waals surface area contributed by atoms with Crippen LogP contribution in [-0.4, -0.2) is 0 Å². The Balaban J connectivity index is 1.06. The highest BCUT2D eigenvalue weighted by molar-refractivity contribution is 6.09. The minimum absolute atomic E-state index is 0.508. The molecule has 0 aliphatic heterocycles. The first-order valence-electron chi connectivity index (χ1n) is 20.9. The van der Waals surface area contributed by atoms with Crippen LogP contribution in [0.1, 0.15) is 22.3 Å². The Bertz CT molecular complexity index is 3170. The molecule has 0 aliphatic carbocycles. The number of hydrogen-bond donors (Lipinski definition) is 0. The van der Waals surface area contributed by atoms with E-state index in [1.54, 1.807) is 0 Å². The van der Waals surface area contributed by atoms with Crippen LogP contribution in [0.2, 0.25) is 0 Å². The standard InChI is InChI=1S/C59H41NO/c1-5-17-42(18-6-1)43-31-35-49(36-32-43)60(50-37-38-55-54-27-15-16-28-57(54)61-58(55)41-50)56-40-39-51(52-25-13-14-26-53(52)56)44-29-33-48(34-30-44)59(45-19-7-2-8-20-45,46-21-9-3-10-22-46)47-23-11-4-12-24-47/h1-41H. The molecule has 0 bridgehead atoms. The molecule has 0 saturated heterocycles. The number of nitrogens with zero attached hydrogens (tertiary/aromatic N) is 1. The van der Waals surface area contributed by atoms with Crippen molar-refractivity contribution in [3.8, 4) is 22.3 Å². The molecular weight excluding hydrogens is 739 g/mol. The molecule has 0 radical (unpaired) electrons. The fourth-order valence-corrected chi connectivity index (χ4v) is 9.41. The van der Waals surface area contributed by atoms with Crippen LogP contribution in [0.3, 0.4) is 0 Å². The lowest BCUT2D eigenvalue weighted by atomic mass is 9.65. The minimum atomic E-state index is -0.508. The van der Waals surface area contributed by atoms with E-state index in [1.165, 1.54) is 44.3 Å². The van der Waals surface area contributed by atoms with Crippen molar-refractivity contribution >= 4 is 49.8 Å². The molecule has 1 heterocycles. The maximum atomic E-state index is 6.45. The molecule has 0 amide bonds. The molecule has 1 aromatic heterocycles. The number of hydrogen-bond acceptors (Lipinski definition) is 2. The summed E-state index contributed by atoms with van der Waals surface area (Å²) in [4.78, 5) is 2.37. The monoisotopic (exact) mass is 779 g/mol. The number of rotatable bonds is 9. The van der Waals surface area contributed by atoms with Crippen molar-refractivity contribution < 1.29 is 4.42 Å². The van der Waals surface area contributed by atoms with Crippen molar-refractivity contribution in [3.63, 3.8) is 0 Å². The first-order chi connectivity index (χ1) is 30.3. The van der Waals surface area contributed by atoms with Crippen molar-refractivity contribution in [1.82, 2.24) is 0 Å². The molecule has 11 aromatic rings. The Kier molecular flexibility index (Phi) is 9.09. The number of anilines is 3. The number of para-hydroxylation sites is 1. The maximum absolute atomic E-state index is 6.45. The minimum Gasteiger partial charge on any atom is -0.456 e. The third-order valence-electron chi connectivity index (χ3n) is 12.2. The van der Waals surface area contributed by atoms with E-state index in [1.807, 2.05) is 12.1 Å². The first kappa shape index (κ1) is 36.2. The maximum Gasteiger partial charge on any atom is 0.137 e. The molecule has 11 rings (SSSR count). The number of benzene rings is 10. The van der Waals surface area contributed by atoms with Gasteiger partial charge in [0.15, 0.2) is 0 Å². The molecule has 10 aromatic carbocycles. The SMILES string of the molecule is c1ccc(-c2ccc(N(c3ccc4c(c3)oc3ccccc34)c3ccc(-c4ccc(C(c5ccccc5)(c5ccccc5)c5ccccc5)cc4)c4ccccc34)cc2)cc1. The van der Waals surface area contributed by atoms with Gasteiger partial charge >= 0.3 is 0 Å². The van der Waals surface area contributed by atoms with E-state index in [0.29, 0.717) is 0 Å². The van der Waals surface area contributed by atoms with Gasteiger partial charge in [-0.3, -0.25) is 0 Å². The fourth-order valence-electron chi connectivity index (χ4n) is 9.41. The van der Waals surface area contributed by atoms with Gasteiger partial charge in [-0.1, -0.05) is 206 Å². The lowest BCUT2D eigenvalue weighted by Gasteiger charge is -2.37. The van der Waals surface area contributed by atoms with Gasteiger partial charge in [0.25, 0.3) is 0 Å². The summed E-state index contributed by atoms with van der Waals surface area (Å²) in [5.74, 6) is 0. The first-order valence-corrected chi connectivity index (χ1v) is 20.9. The van der Waals surface area contributed by atoms with Gasteiger partial charge in [0, 0.05) is 33.6 Å². The summed E-state index contributed by atoms with van der Waals surface area (Å²) < 4.78 is 6.45. The molecule has 0 aliphatic rings. The molecule has 0 spiro atoms. The second-order valence-corrected chi connectivity index (χ2v) is 15.6. The Morgan fingerprint density at radius 1 is 0.295 bits per heavy atom. The van der Waals surface area contributed by atoms with E-state index >= 15 is 0 Å². The van der Waals surface area contributed by atoms with E-state index in [9.17, 15) is 0 Å². The van der Waals surface area contributed by atoms with Gasteiger partial charge in [-0.05, 0) is 86.3 Å². The highest BCUT2D eigenvalue weighted by Gasteiger charge is 2.38. The highest BCUT2D eigenvalue weighted by atomic mass is 16.3. The molecule has 0 N–H and O–H groups in total. The summed E-state index contributed by atoms with van der Waals surface area (Å²) in [6.45, 7) is 0. The molecule has 2 heteroatoms. The van der Waals surface area contributed by atoms with E-state index in [2.05, 4.69) is 241 Å². The summed E-state index contributed by atoms with van der Waals surface area (Å²) >= 11 is 0. The van der Waals surface area contributed by atoms with Gasteiger partial charge in [0.2, 0.25) is 0 Å². The molecule has 0 fully saturated rings. The van der Waals surface area contributed by atoms with Crippen LogP contribution in [0.15, 0.2) is 253 Å². The summed E-state index contributed by atoms with van der Waals surface area (Å²) in [5.41, 5.74) is 14.1. The zero-order chi connectivity index (χ0) is 40.6. The van der Waals surface area contributed by atoms with E-state index in [4.69, 9.17) is 4.42 Å². The lowest BCUT2D eigenvalue weighted by Crippen LogP contribution is -2.30. The van der Waals surface area contributed by atoms with Crippen molar-refractivity contribution in [2.75, 3.05) is 4.90 Å². The molecule has 288 valence electrons. The van der Waals surface area contributed by atoms with Crippen LogP contribution >= 0.6 is 0 Å². The third-order valence-corrected chi connectivity index (χ3v) is 12.2. The number of fused-ring (bicyclic) bond motifs is 4. The van der Waals surface area contributed by atoms with Gasteiger partial charge in [0.05, 0.1) is 11.1 Å². The zero-order valence-corrected chi connectivity index (χ0v) is 33.5. The largest absolute Gasteiger partial charge is 0.456 e. The smallest absolute Gasteiger partial charge is 0.137 e. The summed E-state index contributed by atoms with van der Waals surface area (Å²) in [6.07, 6.45) is 0. The average molecular weight is 780 g/mol. The molecule has 61 heavy (non-hydrogen) atoms. The normalized spacial score (nSPS) is 11.6. The van der Waals surface area contributed by atoms with Gasteiger partial charge < -0.3 is 9.32 Å².